The van der Waals surface area contributed by atoms with Gasteiger partial charge in [-0.15, -0.1) is 23.5 Å². The molecule has 2 N–H and O–H groups in total. The number of benzene rings is 1. The van der Waals surface area contributed by atoms with Gasteiger partial charge in [0.15, 0.2) is 4.08 Å². The molecule has 1 rings (SSSR count). The first-order valence-electron chi connectivity index (χ1n) is 7.62. The van der Waals surface area contributed by atoms with Crippen LogP contribution in [0.1, 0.15) is 31.9 Å². The lowest BCUT2D eigenvalue weighted by Gasteiger charge is -2.27. The van der Waals surface area contributed by atoms with Crippen molar-refractivity contribution in [1.82, 2.24) is 0 Å². The number of nitrogens with one attached hydrogen (secondary N) is 1. The summed E-state index contributed by atoms with van der Waals surface area (Å²) in [6.45, 7) is 4.92. The minimum atomic E-state index is -4.57. The first kappa shape index (κ1) is 22.7. The predicted octanol–water partition coefficient (Wildman–Crippen LogP) is 4.74. The fourth-order valence-corrected chi connectivity index (χ4v) is 3.68. The molecule has 0 saturated carbocycles. The Hall–Kier alpha value is -1.35. The number of amides is 1. The van der Waals surface area contributed by atoms with Crippen LogP contribution in [0.2, 0.25) is 0 Å². The van der Waals surface area contributed by atoms with E-state index in [9.17, 15) is 27.9 Å². The van der Waals surface area contributed by atoms with Crippen LogP contribution in [0.4, 0.5) is 18.9 Å². The van der Waals surface area contributed by atoms with E-state index in [1.54, 1.807) is 33.3 Å². The SMILES string of the molecule is CSC(Cc1ccc(C(F)(F)F)cc1NC(=O)C(C)(C)C)(SC)C(=O)O. The average molecular weight is 409 g/mol. The Bertz CT molecular complexity index is 681. The Morgan fingerprint density at radius 3 is 2.04 bits per heavy atom. The minimum Gasteiger partial charge on any atom is -0.480 e. The lowest BCUT2D eigenvalue weighted by molar-refractivity contribution is -0.138. The highest BCUT2D eigenvalue weighted by Gasteiger charge is 2.39. The summed E-state index contributed by atoms with van der Waals surface area (Å²) in [5.74, 6) is -1.53. The Morgan fingerprint density at radius 1 is 1.12 bits per heavy atom. The molecule has 1 aromatic carbocycles. The van der Waals surface area contributed by atoms with Crippen LogP contribution in [0, 0.1) is 5.41 Å². The van der Waals surface area contributed by atoms with Crippen molar-refractivity contribution in [1.29, 1.82) is 0 Å². The highest BCUT2D eigenvalue weighted by atomic mass is 32.2. The first-order chi connectivity index (χ1) is 11.8. The van der Waals surface area contributed by atoms with E-state index in [1.807, 2.05) is 0 Å². The standard InChI is InChI=1S/C17H22F3NO3S2/c1-15(2,3)13(22)21-12-8-11(17(18,19)20)7-6-10(12)9-16(25-4,26-5)14(23)24/h6-8H,9H2,1-5H3,(H,21,22)(H,23,24). The molecule has 26 heavy (non-hydrogen) atoms. The third-order valence-electron chi connectivity index (χ3n) is 3.78. The van der Waals surface area contributed by atoms with E-state index in [0.29, 0.717) is 5.56 Å². The van der Waals surface area contributed by atoms with Crippen LogP contribution in [-0.2, 0) is 22.2 Å². The molecule has 0 fully saturated rings. The predicted molar refractivity (Wildman–Crippen MR) is 101 cm³/mol. The summed E-state index contributed by atoms with van der Waals surface area (Å²) in [6, 6.07) is 2.98. The molecule has 1 amide bonds. The zero-order valence-electron chi connectivity index (χ0n) is 15.2. The second kappa shape index (κ2) is 8.12. The molecular formula is C17H22F3NO3S2. The molecule has 9 heteroatoms. The van der Waals surface area contributed by atoms with Gasteiger partial charge in [-0.05, 0) is 30.2 Å². The third kappa shape index (κ3) is 5.33. The number of carboxylic acids is 1. The molecule has 0 atom stereocenters. The van der Waals surface area contributed by atoms with Crippen LogP contribution >= 0.6 is 23.5 Å². The molecule has 0 heterocycles. The van der Waals surface area contributed by atoms with Crippen molar-refractivity contribution >= 4 is 41.1 Å². The number of thioether (sulfide) groups is 2. The Morgan fingerprint density at radius 2 is 1.65 bits per heavy atom. The van der Waals surface area contributed by atoms with E-state index < -0.39 is 33.1 Å². The number of aliphatic carboxylic acids is 1. The maximum absolute atomic E-state index is 13.1. The van der Waals surface area contributed by atoms with E-state index in [0.717, 1.165) is 35.7 Å². The van der Waals surface area contributed by atoms with Gasteiger partial charge < -0.3 is 10.4 Å². The number of hydrogen-bond donors (Lipinski definition) is 2. The van der Waals surface area contributed by atoms with Gasteiger partial charge in [0.25, 0.3) is 0 Å². The molecular weight excluding hydrogens is 387 g/mol. The molecule has 0 radical (unpaired) electrons. The van der Waals surface area contributed by atoms with Crippen molar-refractivity contribution in [2.24, 2.45) is 5.41 Å². The topological polar surface area (TPSA) is 66.4 Å². The molecule has 0 unspecified atom stereocenters. The average Bonchev–Trinajstić information content (AvgIpc) is 2.51. The molecule has 0 aliphatic rings. The second-order valence-electron chi connectivity index (χ2n) is 6.72. The molecule has 0 aliphatic carbocycles. The van der Waals surface area contributed by atoms with Gasteiger partial charge in [-0.2, -0.15) is 13.2 Å². The maximum Gasteiger partial charge on any atom is 0.416 e. The molecule has 146 valence electrons. The highest BCUT2D eigenvalue weighted by molar-refractivity contribution is 8.18. The summed E-state index contributed by atoms with van der Waals surface area (Å²) >= 11 is 2.18. The Labute approximate surface area is 159 Å². The molecule has 0 aromatic heterocycles. The van der Waals surface area contributed by atoms with Gasteiger partial charge in [0.2, 0.25) is 5.91 Å². The molecule has 0 spiro atoms. The quantitative estimate of drug-likeness (QED) is 0.665. The van der Waals surface area contributed by atoms with E-state index in [2.05, 4.69) is 5.32 Å². The lowest BCUT2D eigenvalue weighted by atomic mass is 9.95. The van der Waals surface area contributed by atoms with Crippen LogP contribution < -0.4 is 5.32 Å². The first-order valence-corrected chi connectivity index (χ1v) is 10.1. The van der Waals surface area contributed by atoms with Crippen LogP contribution in [0.3, 0.4) is 0 Å². The van der Waals surface area contributed by atoms with E-state index in [-0.39, 0.29) is 12.1 Å². The van der Waals surface area contributed by atoms with Gasteiger partial charge in [-0.3, -0.25) is 4.79 Å². The highest BCUT2D eigenvalue weighted by Crippen LogP contribution is 2.40. The fourth-order valence-electron chi connectivity index (χ4n) is 2.06. The van der Waals surface area contributed by atoms with Crippen molar-refractivity contribution in [3.63, 3.8) is 0 Å². The van der Waals surface area contributed by atoms with Gasteiger partial charge in [0.05, 0.1) is 5.56 Å². The van der Waals surface area contributed by atoms with Gasteiger partial charge >= 0.3 is 12.1 Å². The lowest BCUT2D eigenvalue weighted by Crippen LogP contribution is -2.34. The molecule has 0 saturated heterocycles. The summed E-state index contributed by atoms with van der Waals surface area (Å²) in [5, 5.41) is 12.1. The van der Waals surface area contributed by atoms with Gasteiger partial charge in [0, 0.05) is 17.5 Å². The Balaban J connectivity index is 3.42. The van der Waals surface area contributed by atoms with Crippen molar-refractivity contribution in [3.8, 4) is 0 Å². The van der Waals surface area contributed by atoms with Crippen LogP contribution in [0.15, 0.2) is 18.2 Å². The molecule has 1 aromatic rings. The summed E-state index contributed by atoms with van der Waals surface area (Å²) in [6.07, 6.45) is -1.35. The van der Waals surface area contributed by atoms with Gasteiger partial charge in [-0.25, -0.2) is 4.79 Å². The number of alkyl halides is 3. The summed E-state index contributed by atoms with van der Waals surface area (Å²) < 4.78 is 37.9. The number of anilines is 1. The summed E-state index contributed by atoms with van der Waals surface area (Å²) in [4.78, 5) is 24.0. The number of carbonyl (C=O) groups excluding carboxylic acids is 1. The monoisotopic (exact) mass is 409 g/mol. The van der Waals surface area contributed by atoms with Gasteiger partial charge in [0.1, 0.15) is 0 Å². The third-order valence-corrected chi connectivity index (χ3v) is 6.73. The number of carbonyl (C=O) groups is 2. The Kier molecular flexibility index (Phi) is 7.09. The molecule has 0 aliphatic heterocycles. The minimum absolute atomic E-state index is 0.0199. The van der Waals surface area contributed by atoms with Crippen molar-refractivity contribution in [2.45, 2.75) is 37.4 Å². The number of carboxylic acid groups (broad SMARTS) is 1. The van der Waals surface area contributed by atoms with Crippen LogP contribution in [-0.4, -0.2) is 33.6 Å². The molecule has 0 bridgehead atoms. The zero-order chi connectivity index (χ0) is 20.3. The number of halogens is 3. The normalized spacial score (nSPS) is 12.8. The van der Waals surface area contributed by atoms with E-state index in [1.165, 1.54) is 6.07 Å². The van der Waals surface area contributed by atoms with Gasteiger partial charge in [-0.1, -0.05) is 26.8 Å². The number of rotatable bonds is 6. The smallest absolute Gasteiger partial charge is 0.416 e. The van der Waals surface area contributed by atoms with Crippen LogP contribution in [0.5, 0.6) is 0 Å². The summed E-state index contributed by atoms with van der Waals surface area (Å²) in [7, 11) is 0. The maximum atomic E-state index is 13.1. The van der Waals surface area contributed by atoms with Crippen molar-refractivity contribution in [2.75, 3.05) is 17.8 Å². The number of hydrogen-bond acceptors (Lipinski definition) is 4. The second-order valence-corrected chi connectivity index (χ2v) is 9.19. The van der Waals surface area contributed by atoms with E-state index >= 15 is 0 Å². The van der Waals surface area contributed by atoms with Crippen molar-refractivity contribution < 1.29 is 27.9 Å². The molecule has 4 nitrogen and oxygen atoms in total. The summed E-state index contributed by atoms with van der Waals surface area (Å²) in [5.41, 5.74) is -1.40. The largest absolute Gasteiger partial charge is 0.480 e. The van der Waals surface area contributed by atoms with E-state index in [4.69, 9.17) is 0 Å². The van der Waals surface area contributed by atoms with Crippen LogP contribution in [0.25, 0.3) is 0 Å². The zero-order valence-corrected chi connectivity index (χ0v) is 16.8. The van der Waals surface area contributed by atoms with Crippen molar-refractivity contribution in [3.05, 3.63) is 29.3 Å². The fraction of sp³-hybridized carbons (Fsp3) is 0.529.